The maximum absolute atomic E-state index is 12.9. The Hall–Kier alpha value is -3.42. The highest BCUT2D eigenvalue weighted by Gasteiger charge is 2.19. The molecule has 1 aliphatic heterocycles. The fourth-order valence-corrected chi connectivity index (χ4v) is 3.50. The van der Waals surface area contributed by atoms with Crippen molar-refractivity contribution in [2.24, 2.45) is 0 Å². The van der Waals surface area contributed by atoms with Crippen LogP contribution in [0.1, 0.15) is 35.3 Å². The minimum absolute atomic E-state index is 0.224. The quantitative estimate of drug-likeness (QED) is 0.727. The number of anilines is 2. The van der Waals surface area contributed by atoms with E-state index in [4.69, 9.17) is 0 Å². The van der Waals surface area contributed by atoms with Gasteiger partial charge in [0.05, 0.1) is 28.8 Å². The van der Waals surface area contributed by atoms with E-state index in [2.05, 4.69) is 25.5 Å². The van der Waals surface area contributed by atoms with Gasteiger partial charge in [0.2, 0.25) is 0 Å². The Bertz CT molecular complexity index is 1030. The number of para-hydroxylation sites is 2. The van der Waals surface area contributed by atoms with E-state index < -0.39 is 0 Å². The van der Waals surface area contributed by atoms with Crippen LogP contribution in [-0.4, -0.2) is 39.0 Å². The molecule has 3 heterocycles. The molecule has 0 bridgehead atoms. The molecule has 0 saturated carbocycles. The van der Waals surface area contributed by atoms with Gasteiger partial charge in [0.1, 0.15) is 0 Å². The van der Waals surface area contributed by atoms with Crippen LogP contribution >= 0.6 is 0 Å². The average molecular weight is 378 g/mol. The van der Waals surface area contributed by atoms with Crippen molar-refractivity contribution in [1.82, 2.24) is 20.0 Å². The molecule has 0 aliphatic carbocycles. The van der Waals surface area contributed by atoms with Crippen LogP contribution < -0.4 is 15.8 Å². The second-order valence-electron chi connectivity index (χ2n) is 6.85. The summed E-state index contributed by atoms with van der Waals surface area (Å²) in [4.78, 5) is 26.4. The monoisotopic (exact) mass is 378 g/mol. The van der Waals surface area contributed by atoms with E-state index in [1.54, 1.807) is 13.0 Å². The molecular weight excluding hydrogens is 356 g/mol. The summed E-state index contributed by atoms with van der Waals surface area (Å²) in [5.41, 5.74) is 2.65. The van der Waals surface area contributed by atoms with Crippen LogP contribution in [0.25, 0.3) is 5.82 Å². The molecule has 2 aromatic heterocycles. The highest BCUT2D eigenvalue weighted by molar-refractivity contribution is 6.06. The number of nitrogens with one attached hydrogen (secondary N) is 2. The van der Waals surface area contributed by atoms with Gasteiger partial charge in [-0.3, -0.25) is 9.59 Å². The van der Waals surface area contributed by atoms with Crippen LogP contribution in [0.3, 0.4) is 0 Å². The SMILES string of the molecule is Cc1c(C(=O)Nc2ccccc2N2CCCCC2)cnn1-c1ccc(=O)[nH]n1. The number of benzene rings is 1. The standard InChI is InChI=1S/C20H22N6O2/c1-14-15(13-21-26(14)18-9-10-19(27)24-23-18)20(28)22-16-7-3-4-8-17(16)25-11-5-2-6-12-25/h3-4,7-10,13H,2,5-6,11-12H2,1H3,(H,22,28)(H,24,27). The van der Waals surface area contributed by atoms with Crippen molar-refractivity contribution in [3.8, 4) is 5.82 Å². The van der Waals surface area contributed by atoms with Gasteiger partial charge in [-0.1, -0.05) is 12.1 Å². The second kappa shape index (κ2) is 7.67. The topological polar surface area (TPSA) is 95.9 Å². The molecular formula is C20H22N6O2. The lowest BCUT2D eigenvalue weighted by Crippen LogP contribution is -2.30. The van der Waals surface area contributed by atoms with E-state index in [-0.39, 0.29) is 11.5 Å². The maximum Gasteiger partial charge on any atom is 0.264 e. The normalized spacial score (nSPS) is 14.1. The third-order valence-corrected chi connectivity index (χ3v) is 4.98. The van der Waals surface area contributed by atoms with Crippen LogP contribution in [0, 0.1) is 6.92 Å². The lowest BCUT2D eigenvalue weighted by molar-refractivity contribution is 0.102. The molecule has 0 radical (unpaired) electrons. The van der Waals surface area contributed by atoms with Crippen molar-refractivity contribution in [2.75, 3.05) is 23.3 Å². The zero-order valence-electron chi connectivity index (χ0n) is 15.7. The number of H-pyrrole nitrogens is 1. The number of amides is 1. The molecule has 0 unspecified atom stereocenters. The van der Waals surface area contributed by atoms with E-state index in [9.17, 15) is 9.59 Å². The molecule has 8 heteroatoms. The Balaban J connectivity index is 1.58. The largest absolute Gasteiger partial charge is 0.370 e. The van der Waals surface area contributed by atoms with Gasteiger partial charge >= 0.3 is 0 Å². The fraction of sp³-hybridized carbons (Fsp3) is 0.300. The molecule has 1 fully saturated rings. The molecule has 3 aromatic rings. The van der Waals surface area contributed by atoms with Gasteiger partial charge in [0.25, 0.3) is 11.5 Å². The number of carbonyl (C=O) groups is 1. The Morgan fingerprint density at radius 3 is 2.64 bits per heavy atom. The predicted octanol–water partition coefficient (Wildman–Crippen LogP) is 2.51. The molecule has 8 nitrogen and oxygen atoms in total. The number of nitrogens with zero attached hydrogens (tertiary/aromatic N) is 4. The first-order chi connectivity index (χ1) is 13.6. The second-order valence-corrected chi connectivity index (χ2v) is 6.85. The smallest absolute Gasteiger partial charge is 0.264 e. The van der Waals surface area contributed by atoms with Gasteiger partial charge < -0.3 is 10.2 Å². The summed E-state index contributed by atoms with van der Waals surface area (Å²) in [6.07, 6.45) is 5.10. The number of hydrogen-bond acceptors (Lipinski definition) is 5. The summed E-state index contributed by atoms with van der Waals surface area (Å²) in [5, 5.41) is 13.6. The summed E-state index contributed by atoms with van der Waals surface area (Å²) in [6.45, 7) is 3.80. The Kier molecular flexibility index (Phi) is 4.92. The zero-order valence-corrected chi connectivity index (χ0v) is 15.7. The number of aromatic amines is 1. The number of piperidine rings is 1. The van der Waals surface area contributed by atoms with Gasteiger partial charge in [-0.2, -0.15) is 10.2 Å². The lowest BCUT2D eigenvalue weighted by atomic mass is 10.1. The molecule has 1 aromatic carbocycles. The van der Waals surface area contributed by atoms with Crippen molar-refractivity contribution in [3.63, 3.8) is 0 Å². The van der Waals surface area contributed by atoms with Gasteiger partial charge in [0.15, 0.2) is 5.82 Å². The van der Waals surface area contributed by atoms with Crippen LogP contribution in [0.2, 0.25) is 0 Å². The minimum Gasteiger partial charge on any atom is -0.370 e. The van der Waals surface area contributed by atoms with E-state index in [0.717, 1.165) is 24.5 Å². The Labute approximate surface area is 162 Å². The number of hydrogen-bond donors (Lipinski definition) is 2. The molecule has 28 heavy (non-hydrogen) atoms. The van der Waals surface area contributed by atoms with Gasteiger partial charge in [-0.05, 0) is 44.4 Å². The van der Waals surface area contributed by atoms with Gasteiger partial charge in [0, 0.05) is 19.2 Å². The first-order valence-corrected chi connectivity index (χ1v) is 9.39. The third-order valence-electron chi connectivity index (χ3n) is 4.98. The van der Waals surface area contributed by atoms with E-state index in [1.165, 1.54) is 36.2 Å². The van der Waals surface area contributed by atoms with Gasteiger partial charge in [-0.25, -0.2) is 9.78 Å². The number of rotatable bonds is 4. The van der Waals surface area contributed by atoms with Crippen molar-refractivity contribution in [3.05, 3.63) is 64.2 Å². The predicted molar refractivity (Wildman–Crippen MR) is 107 cm³/mol. The van der Waals surface area contributed by atoms with Crippen LogP contribution in [0.15, 0.2) is 47.4 Å². The summed E-state index contributed by atoms with van der Waals surface area (Å²) in [5.74, 6) is 0.225. The highest BCUT2D eigenvalue weighted by atomic mass is 16.1. The summed E-state index contributed by atoms with van der Waals surface area (Å²) in [6, 6.07) is 10.8. The van der Waals surface area contributed by atoms with Crippen molar-refractivity contribution in [2.45, 2.75) is 26.2 Å². The van der Waals surface area contributed by atoms with Crippen LogP contribution in [0.5, 0.6) is 0 Å². The fourth-order valence-electron chi connectivity index (χ4n) is 3.50. The molecule has 1 amide bonds. The molecule has 144 valence electrons. The van der Waals surface area contributed by atoms with Gasteiger partial charge in [-0.15, -0.1) is 0 Å². The first-order valence-electron chi connectivity index (χ1n) is 9.39. The van der Waals surface area contributed by atoms with E-state index >= 15 is 0 Å². The molecule has 4 rings (SSSR count). The molecule has 1 saturated heterocycles. The third kappa shape index (κ3) is 3.53. The molecule has 1 aliphatic rings. The van der Waals surface area contributed by atoms with Crippen molar-refractivity contribution in [1.29, 1.82) is 0 Å². The molecule has 0 spiro atoms. The van der Waals surface area contributed by atoms with Crippen LogP contribution in [-0.2, 0) is 0 Å². The van der Waals surface area contributed by atoms with E-state index in [1.807, 2.05) is 24.3 Å². The minimum atomic E-state index is -0.291. The Morgan fingerprint density at radius 1 is 1.11 bits per heavy atom. The van der Waals surface area contributed by atoms with Crippen molar-refractivity contribution >= 4 is 17.3 Å². The molecule has 2 N–H and O–H groups in total. The average Bonchev–Trinajstić information content (AvgIpc) is 3.11. The maximum atomic E-state index is 12.9. The number of aromatic nitrogens is 4. The first kappa shape index (κ1) is 18.0. The molecule has 0 atom stereocenters. The van der Waals surface area contributed by atoms with E-state index in [0.29, 0.717) is 17.1 Å². The Morgan fingerprint density at radius 2 is 1.89 bits per heavy atom. The van der Waals surface area contributed by atoms with Crippen LogP contribution in [0.4, 0.5) is 11.4 Å². The summed E-state index contributed by atoms with van der Waals surface area (Å²) >= 11 is 0. The summed E-state index contributed by atoms with van der Waals surface area (Å²) < 4.78 is 1.53. The number of carbonyl (C=O) groups excluding carboxylic acids is 1. The highest BCUT2D eigenvalue weighted by Crippen LogP contribution is 2.29. The van der Waals surface area contributed by atoms with Crippen molar-refractivity contribution < 1.29 is 4.79 Å². The zero-order chi connectivity index (χ0) is 19.5. The lowest BCUT2D eigenvalue weighted by Gasteiger charge is -2.30. The summed E-state index contributed by atoms with van der Waals surface area (Å²) in [7, 11) is 0.